The van der Waals surface area contributed by atoms with E-state index in [4.69, 9.17) is 10.5 Å². The van der Waals surface area contributed by atoms with Crippen LogP contribution in [0, 0.1) is 11.6 Å². The van der Waals surface area contributed by atoms with E-state index in [1.807, 2.05) is 6.92 Å². The number of hydrogen-bond donors (Lipinski definition) is 2. The zero-order valence-electron chi connectivity index (χ0n) is 16.7. The van der Waals surface area contributed by atoms with Gasteiger partial charge in [-0.25, -0.2) is 13.6 Å². The van der Waals surface area contributed by atoms with Crippen LogP contribution in [-0.2, 0) is 4.74 Å². The van der Waals surface area contributed by atoms with Gasteiger partial charge in [0.1, 0.15) is 16.5 Å². The van der Waals surface area contributed by atoms with Crippen molar-refractivity contribution >= 4 is 29.0 Å². The number of nitrogens with zero attached hydrogens (tertiary/aromatic N) is 1. The third-order valence-corrected chi connectivity index (χ3v) is 6.08. The molecule has 2 amide bonds. The number of nitrogens with one attached hydrogen (secondary N) is 1. The lowest BCUT2D eigenvalue weighted by molar-refractivity contribution is 0.0798. The summed E-state index contributed by atoms with van der Waals surface area (Å²) in [7, 11) is 0. The fourth-order valence-electron chi connectivity index (χ4n) is 3.31. The first-order chi connectivity index (χ1) is 14.4. The summed E-state index contributed by atoms with van der Waals surface area (Å²) in [5, 5.41) is 2.90. The SMILES string of the molecule is CCCCOC(=O)N1CCC[C@@H](NC(=O)c2sc(-c3ccc(F)cc3F)cc2N)C1. The Morgan fingerprint density at radius 2 is 2.13 bits per heavy atom. The molecule has 3 rings (SSSR count). The third-order valence-electron chi connectivity index (χ3n) is 4.90. The second-order valence-electron chi connectivity index (χ2n) is 7.25. The van der Waals surface area contributed by atoms with E-state index in [0.717, 1.165) is 49.2 Å². The standard InChI is InChI=1S/C21H25F2N3O3S/c1-2-3-9-29-21(28)26-8-4-5-14(12-26)25-20(27)19-17(24)11-18(30-19)15-7-6-13(22)10-16(15)23/h6-7,10-11,14H,2-5,8-9,12,24H2,1H3,(H,25,27)/t14-/m1/s1. The van der Waals surface area contributed by atoms with Gasteiger partial charge in [0.25, 0.3) is 5.91 Å². The highest BCUT2D eigenvalue weighted by Gasteiger charge is 2.27. The number of unbranched alkanes of at least 4 members (excludes halogenated alkanes) is 1. The van der Waals surface area contributed by atoms with Crippen LogP contribution in [-0.4, -0.2) is 42.6 Å². The number of piperidine rings is 1. The molecule has 1 aliphatic rings. The van der Waals surface area contributed by atoms with E-state index < -0.39 is 11.6 Å². The van der Waals surface area contributed by atoms with Crippen LogP contribution in [0.15, 0.2) is 24.3 Å². The Kier molecular flexibility index (Phi) is 7.25. The molecule has 1 atom stereocenters. The molecule has 2 heterocycles. The number of nitrogens with two attached hydrogens (primary N) is 1. The summed E-state index contributed by atoms with van der Waals surface area (Å²) in [6.45, 7) is 3.36. The van der Waals surface area contributed by atoms with Gasteiger partial charge < -0.3 is 20.7 Å². The molecule has 2 aromatic rings. The van der Waals surface area contributed by atoms with Crippen molar-refractivity contribution in [3.63, 3.8) is 0 Å². The summed E-state index contributed by atoms with van der Waals surface area (Å²) in [5.41, 5.74) is 6.39. The van der Waals surface area contributed by atoms with Gasteiger partial charge in [-0.3, -0.25) is 4.79 Å². The molecule has 3 N–H and O–H groups in total. The Morgan fingerprint density at radius 1 is 1.33 bits per heavy atom. The molecule has 0 aliphatic carbocycles. The van der Waals surface area contributed by atoms with Gasteiger partial charge in [-0.05, 0) is 37.5 Å². The Balaban J connectivity index is 1.64. The van der Waals surface area contributed by atoms with Crippen LogP contribution < -0.4 is 11.1 Å². The fourth-order valence-corrected chi connectivity index (χ4v) is 4.32. The molecule has 0 saturated carbocycles. The number of rotatable bonds is 6. The summed E-state index contributed by atoms with van der Waals surface area (Å²) in [6, 6.07) is 4.55. The van der Waals surface area contributed by atoms with Crippen LogP contribution >= 0.6 is 11.3 Å². The number of halogens is 2. The number of hydrogen-bond acceptors (Lipinski definition) is 5. The van der Waals surface area contributed by atoms with Crippen LogP contribution in [0.4, 0.5) is 19.3 Å². The minimum atomic E-state index is -0.715. The predicted molar refractivity (Wildman–Crippen MR) is 112 cm³/mol. The number of benzene rings is 1. The number of nitrogen functional groups attached to an aromatic ring is 1. The van der Waals surface area contributed by atoms with Crippen LogP contribution in [0.2, 0.25) is 0 Å². The largest absolute Gasteiger partial charge is 0.449 e. The second kappa shape index (κ2) is 9.88. The summed E-state index contributed by atoms with van der Waals surface area (Å²) >= 11 is 1.05. The van der Waals surface area contributed by atoms with E-state index in [-0.39, 0.29) is 34.2 Å². The Hall–Kier alpha value is -2.68. The van der Waals surface area contributed by atoms with Gasteiger partial charge in [0.2, 0.25) is 0 Å². The van der Waals surface area contributed by atoms with E-state index in [1.165, 1.54) is 12.1 Å². The molecule has 1 aromatic carbocycles. The monoisotopic (exact) mass is 437 g/mol. The molecular formula is C21H25F2N3O3S. The number of anilines is 1. The van der Waals surface area contributed by atoms with E-state index in [9.17, 15) is 18.4 Å². The quantitative estimate of drug-likeness (QED) is 0.656. The van der Waals surface area contributed by atoms with Crippen molar-refractivity contribution in [3.8, 4) is 10.4 Å². The van der Waals surface area contributed by atoms with Crippen LogP contribution in [0.5, 0.6) is 0 Å². The average Bonchev–Trinajstić information content (AvgIpc) is 3.09. The van der Waals surface area contributed by atoms with Crippen molar-refractivity contribution in [2.45, 2.75) is 38.6 Å². The molecule has 0 spiro atoms. The second-order valence-corrected chi connectivity index (χ2v) is 8.30. The number of carbonyl (C=O) groups is 2. The number of carbonyl (C=O) groups excluding carboxylic acids is 2. The zero-order valence-corrected chi connectivity index (χ0v) is 17.6. The van der Waals surface area contributed by atoms with Gasteiger partial charge in [-0.2, -0.15) is 0 Å². The normalized spacial score (nSPS) is 16.4. The number of ether oxygens (including phenoxy) is 1. The fraction of sp³-hybridized carbons (Fsp3) is 0.429. The molecule has 1 saturated heterocycles. The van der Waals surface area contributed by atoms with Gasteiger partial charge in [0.15, 0.2) is 0 Å². The van der Waals surface area contributed by atoms with Crippen molar-refractivity contribution in [1.82, 2.24) is 10.2 Å². The highest BCUT2D eigenvalue weighted by molar-refractivity contribution is 7.18. The lowest BCUT2D eigenvalue weighted by Gasteiger charge is -2.32. The average molecular weight is 438 g/mol. The van der Waals surface area contributed by atoms with Gasteiger partial charge in [0, 0.05) is 35.6 Å². The molecule has 9 heteroatoms. The molecule has 0 radical (unpaired) electrons. The summed E-state index contributed by atoms with van der Waals surface area (Å²) < 4.78 is 32.5. The van der Waals surface area contributed by atoms with Gasteiger partial charge in [0.05, 0.1) is 12.3 Å². The smallest absolute Gasteiger partial charge is 0.409 e. The van der Waals surface area contributed by atoms with Crippen molar-refractivity contribution in [1.29, 1.82) is 0 Å². The van der Waals surface area contributed by atoms with Crippen molar-refractivity contribution < 1.29 is 23.1 Å². The number of amides is 2. The maximum absolute atomic E-state index is 14.1. The highest BCUT2D eigenvalue weighted by Crippen LogP contribution is 2.35. The first-order valence-electron chi connectivity index (χ1n) is 9.96. The molecule has 0 bridgehead atoms. The van der Waals surface area contributed by atoms with Crippen molar-refractivity contribution in [2.75, 3.05) is 25.4 Å². The van der Waals surface area contributed by atoms with Gasteiger partial charge in [-0.1, -0.05) is 13.3 Å². The summed E-state index contributed by atoms with van der Waals surface area (Å²) in [6.07, 6.45) is 2.87. The molecule has 162 valence electrons. The van der Waals surface area contributed by atoms with Crippen molar-refractivity contribution in [2.24, 2.45) is 0 Å². The first-order valence-corrected chi connectivity index (χ1v) is 10.8. The highest BCUT2D eigenvalue weighted by atomic mass is 32.1. The van der Waals surface area contributed by atoms with E-state index in [0.29, 0.717) is 24.6 Å². The zero-order chi connectivity index (χ0) is 21.7. The van der Waals surface area contributed by atoms with Gasteiger partial charge in [-0.15, -0.1) is 11.3 Å². The Morgan fingerprint density at radius 3 is 2.87 bits per heavy atom. The molecule has 0 unspecified atom stereocenters. The molecular weight excluding hydrogens is 412 g/mol. The minimum absolute atomic E-state index is 0.186. The third kappa shape index (κ3) is 5.27. The Bertz CT molecular complexity index is 919. The van der Waals surface area contributed by atoms with E-state index >= 15 is 0 Å². The van der Waals surface area contributed by atoms with Crippen LogP contribution in [0.3, 0.4) is 0 Å². The van der Waals surface area contributed by atoms with E-state index in [1.54, 1.807) is 4.90 Å². The first kappa shape index (κ1) is 22.0. The predicted octanol–water partition coefficient (Wildman–Crippen LogP) is 4.41. The topological polar surface area (TPSA) is 84.7 Å². The molecule has 1 fully saturated rings. The van der Waals surface area contributed by atoms with Crippen LogP contribution in [0.25, 0.3) is 10.4 Å². The lowest BCUT2D eigenvalue weighted by Crippen LogP contribution is -2.49. The van der Waals surface area contributed by atoms with Crippen LogP contribution in [0.1, 0.15) is 42.3 Å². The number of thiophene rings is 1. The minimum Gasteiger partial charge on any atom is -0.449 e. The number of likely N-dealkylation sites (tertiary alicyclic amines) is 1. The molecule has 30 heavy (non-hydrogen) atoms. The Labute approximate surface area is 178 Å². The van der Waals surface area contributed by atoms with Gasteiger partial charge >= 0.3 is 6.09 Å². The summed E-state index contributed by atoms with van der Waals surface area (Å²) in [5.74, 6) is -1.76. The maximum atomic E-state index is 14.1. The molecule has 6 nitrogen and oxygen atoms in total. The molecule has 1 aliphatic heterocycles. The summed E-state index contributed by atoms with van der Waals surface area (Å²) in [4.78, 5) is 27.2. The lowest BCUT2D eigenvalue weighted by atomic mass is 10.1. The maximum Gasteiger partial charge on any atom is 0.409 e. The van der Waals surface area contributed by atoms with Crippen molar-refractivity contribution in [3.05, 3.63) is 40.8 Å². The molecule has 1 aromatic heterocycles. The van der Waals surface area contributed by atoms with E-state index in [2.05, 4.69) is 5.32 Å².